The number of halogens is 1. The van der Waals surface area contributed by atoms with Crippen LogP contribution in [0.2, 0.25) is 5.02 Å². The number of nitrogens with zero attached hydrogens (tertiary/aromatic N) is 3. The molecule has 0 aliphatic carbocycles. The van der Waals surface area contributed by atoms with Gasteiger partial charge in [-0.05, 0) is 48.0 Å². The number of rotatable bonds is 6. The van der Waals surface area contributed by atoms with Crippen molar-refractivity contribution in [3.8, 4) is 5.75 Å². The van der Waals surface area contributed by atoms with Crippen molar-refractivity contribution in [2.45, 2.75) is 0 Å². The number of ether oxygens (including phenoxy) is 1. The Bertz CT molecular complexity index is 1210. The molecule has 9 heteroatoms. The van der Waals surface area contributed by atoms with Crippen LogP contribution in [0.25, 0.3) is 6.08 Å². The third-order valence-corrected chi connectivity index (χ3v) is 5.75. The summed E-state index contributed by atoms with van der Waals surface area (Å²) in [5.74, 6) is 0.635. The molecule has 1 aromatic heterocycles. The SMILES string of the molecule is COc1ccc(/C=C2/N=C(SCC(=O)Nc3ccc(Cl)cn3)N(c3ccccc3)C2=O)cc1. The van der Waals surface area contributed by atoms with Crippen LogP contribution < -0.4 is 15.0 Å². The van der Waals surface area contributed by atoms with E-state index in [9.17, 15) is 9.59 Å². The summed E-state index contributed by atoms with van der Waals surface area (Å²) in [7, 11) is 1.60. The summed E-state index contributed by atoms with van der Waals surface area (Å²) in [5.41, 5.74) is 1.77. The van der Waals surface area contributed by atoms with Crippen molar-refractivity contribution < 1.29 is 14.3 Å². The second-order valence-corrected chi connectivity index (χ2v) is 8.25. The van der Waals surface area contributed by atoms with Gasteiger partial charge < -0.3 is 10.1 Å². The lowest BCUT2D eigenvalue weighted by Gasteiger charge is -2.17. The average molecular weight is 479 g/mol. The van der Waals surface area contributed by atoms with E-state index in [2.05, 4.69) is 15.3 Å². The van der Waals surface area contributed by atoms with Gasteiger partial charge >= 0.3 is 0 Å². The van der Waals surface area contributed by atoms with Crippen LogP contribution >= 0.6 is 23.4 Å². The molecule has 3 aromatic rings. The zero-order valence-electron chi connectivity index (χ0n) is 17.6. The molecule has 1 aliphatic rings. The molecule has 0 spiro atoms. The Balaban J connectivity index is 1.54. The van der Waals surface area contributed by atoms with Gasteiger partial charge in [0.25, 0.3) is 5.91 Å². The normalized spacial score (nSPS) is 14.4. The van der Waals surface area contributed by atoms with Crippen LogP contribution in [0.15, 0.2) is 83.6 Å². The second-order valence-electron chi connectivity index (χ2n) is 6.87. The first kappa shape index (κ1) is 22.6. The lowest BCUT2D eigenvalue weighted by atomic mass is 10.2. The van der Waals surface area contributed by atoms with Gasteiger partial charge in [0.2, 0.25) is 5.91 Å². The number of hydrogen-bond acceptors (Lipinski definition) is 6. The molecule has 0 unspecified atom stereocenters. The molecule has 2 amide bonds. The van der Waals surface area contributed by atoms with Gasteiger partial charge in [-0.2, -0.15) is 0 Å². The minimum atomic E-state index is -0.273. The lowest BCUT2D eigenvalue weighted by molar-refractivity contribution is -0.114. The van der Waals surface area contributed by atoms with Crippen LogP contribution in [0.5, 0.6) is 5.75 Å². The van der Waals surface area contributed by atoms with Crippen molar-refractivity contribution in [3.05, 3.63) is 89.2 Å². The summed E-state index contributed by atoms with van der Waals surface area (Å²) < 4.78 is 5.18. The number of aromatic nitrogens is 1. The Morgan fingerprint density at radius 2 is 1.88 bits per heavy atom. The van der Waals surface area contributed by atoms with Crippen LogP contribution in [0.4, 0.5) is 11.5 Å². The highest BCUT2D eigenvalue weighted by atomic mass is 35.5. The minimum absolute atomic E-state index is 0.0512. The Kier molecular flexibility index (Phi) is 7.07. The number of aliphatic imine (C=N–C) groups is 1. The highest BCUT2D eigenvalue weighted by molar-refractivity contribution is 8.14. The largest absolute Gasteiger partial charge is 0.497 e. The first-order valence-electron chi connectivity index (χ1n) is 9.91. The number of carbonyl (C=O) groups excluding carboxylic acids is 2. The Hall–Kier alpha value is -3.62. The molecular weight excluding hydrogens is 460 g/mol. The summed E-state index contributed by atoms with van der Waals surface area (Å²) in [6.07, 6.45) is 3.17. The zero-order valence-corrected chi connectivity index (χ0v) is 19.1. The van der Waals surface area contributed by atoms with Crippen molar-refractivity contribution in [2.75, 3.05) is 23.1 Å². The van der Waals surface area contributed by atoms with Gasteiger partial charge in [-0.3, -0.25) is 14.5 Å². The van der Waals surface area contributed by atoms with Gasteiger partial charge in [-0.1, -0.05) is 53.7 Å². The number of benzene rings is 2. The van der Waals surface area contributed by atoms with Gasteiger partial charge in [0.1, 0.15) is 17.3 Å². The van der Waals surface area contributed by atoms with Gasteiger partial charge in [-0.25, -0.2) is 9.98 Å². The van der Waals surface area contributed by atoms with Crippen LogP contribution in [-0.4, -0.2) is 34.8 Å². The van der Waals surface area contributed by atoms with E-state index in [4.69, 9.17) is 16.3 Å². The standard InChI is InChI=1S/C24H19ClN4O3S/c1-32-19-10-7-16(8-11-19)13-20-23(31)29(18-5-3-2-4-6-18)24(27-20)33-15-22(30)28-21-12-9-17(25)14-26-21/h2-14H,15H2,1H3,(H,26,28,30)/b20-13+. The summed E-state index contributed by atoms with van der Waals surface area (Å²) in [5, 5.41) is 3.61. The zero-order chi connectivity index (χ0) is 23.2. The molecule has 166 valence electrons. The number of anilines is 2. The fourth-order valence-electron chi connectivity index (χ4n) is 3.01. The average Bonchev–Trinajstić information content (AvgIpc) is 3.15. The van der Waals surface area contributed by atoms with Gasteiger partial charge in [0, 0.05) is 6.20 Å². The minimum Gasteiger partial charge on any atom is -0.497 e. The van der Waals surface area contributed by atoms with E-state index in [1.54, 1.807) is 25.3 Å². The van der Waals surface area contributed by atoms with Crippen molar-refractivity contribution >= 4 is 57.9 Å². The van der Waals surface area contributed by atoms with E-state index in [-0.39, 0.29) is 23.3 Å². The lowest BCUT2D eigenvalue weighted by Crippen LogP contribution is -2.31. The number of hydrogen-bond donors (Lipinski definition) is 1. The highest BCUT2D eigenvalue weighted by Gasteiger charge is 2.32. The van der Waals surface area contributed by atoms with Crippen molar-refractivity contribution in [1.29, 1.82) is 0 Å². The molecule has 7 nitrogen and oxygen atoms in total. The van der Waals surface area contributed by atoms with E-state index in [0.717, 1.165) is 11.3 Å². The van der Waals surface area contributed by atoms with E-state index >= 15 is 0 Å². The van der Waals surface area contributed by atoms with E-state index in [1.807, 2.05) is 54.6 Å². The Labute approximate surface area is 200 Å². The fraction of sp³-hybridized carbons (Fsp3) is 0.0833. The molecule has 4 rings (SSSR count). The molecule has 1 N–H and O–H groups in total. The molecule has 1 aliphatic heterocycles. The molecule has 0 saturated heterocycles. The Morgan fingerprint density at radius 1 is 1.12 bits per heavy atom. The number of para-hydroxylation sites is 1. The number of nitrogens with one attached hydrogen (secondary N) is 1. The molecule has 0 atom stereocenters. The monoisotopic (exact) mass is 478 g/mol. The third-order valence-electron chi connectivity index (χ3n) is 4.59. The molecule has 2 heterocycles. The van der Waals surface area contributed by atoms with Crippen LogP contribution in [0, 0.1) is 0 Å². The second kappa shape index (κ2) is 10.3. The first-order valence-corrected chi connectivity index (χ1v) is 11.3. The van der Waals surface area contributed by atoms with E-state index < -0.39 is 0 Å². The number of thioether (sulfide) groups is 1. The summed E-state index contributed by atoms with van der Waals surface area (Å²) >= 11 is 7.00. The van der Waals surface area contributed by atoms with Crippen LogP contribution in [-0.2, 0) is 9.59 Å². The van der Waals surface area contributed by atoms with E-state index in [0.29, 0.717) is 21.7 Å². The maximum absolute atomic E-state index is 13.2. The smallest absolute Gasteiger partial charge is 0.283 e. The highest BCUT2D eigenvalue weighted by Crippen LogP contribution is 2.29. The molecule has 2 aromatic carbocycles. The third kappa shape index (κ3) is 5.60. The van der Waals surface area contributed by atoms with E-state index in [1.165, 1.54) is 22.9 Å². The van der Waals surface area contributed by atoms with Crippen molar-refractivity contribution in [3.63, 3.8) is 0 Å². The van der Waals surface area contributed by atoms with Crippen LogP contribution in [0.3, 0.4) is 0 Å². The number of pyridine rings is 1. The molecule has 33 heavy (non-hydrogen) atoms. The predicted molar refractivity (Wildman–Crippen MR) is 133 cm³/mol. The molecular formula is C24H19ClN4O3S. The van der Waals surface area contributed by atoms with Gasteiger partial charge in [0.15, 0.2) is 5.17 Å². The topological polar surface area (TPSA) is 83.9 Å². The molecule has 0 bridgehead atoms. The fourth-order valence-corrected chi connectivity index (χ4v) is 3.94. The first-order chi connectivity index (χ1) is 16.0. The molecule has 0 saturated carbocycles. The maximum Gasteiger partial charge on any atom is 0.283 e. The van der Waals surface area contributed by atoms with Gasteiger partial charge in [0.05, 0.1) is 23.6 Å². The maximum atomic E-state index is 13.2. The van der Waals surface area contributed by atoms with Crippen LogP contribution in [0.1, 0.15) is 5.56 Å². The number of amides is 2. The van der Waals surface area contributed by atoms with Crippen molar-refractivity contribution in [1.82, 2.24) is 4.98 Å². The molecule has 0 radical (unpaired) electrons. The van der Waals surface area contributed by atoms with Gasteiger partial charge in [-0.15, -0.1) is 0 Å². The number of carbonyl (C=O) groups is 2. The summed E-state index contributed by atoms with van der Waals surface area (Å²) in [4.78, 5) is 35.7. The Morgan fingerprint density at radius 3 is 2.55 bits per heavy atom. The number of amidine groups is 1. The summed E-state index contributed by atoms with van der Waals surface area (Å²) in [6, 6.07) is 19.8. The number of methoxy groups -OCH3 is 1. The molecule has 0 fully saturated rings. The summed E-state index contributed by atoms with van der Waals surface area (Å²) in [6.45, 7) is 0. The predicted octanol–water partition coefficient (Wildman–Crippen LogP) is 4.86. The van der Waals surface area contributed by atoms with Crippen molar-refractivity contribution in [2.24, 2.45) is 4.99 Å². The quantitative estimate of drug-likeness (QED) is 0.511.